The average molecular weight is 434 g/mol. The summed E-state index contributed by atoms with van der Waals surface area (Å²) in [4.78, 5) is 23.6. The molecule has 0 radical (unpaired) electrons. The molecule has 2 N–H and O–H groups in total. The van der Waals surface area contributed by atoms with Crippen molar-refractivity contribution in [2.45, 2.75) is 20.4 Å². The van der Waals surface area contributed by atoms with Crippen molar-refractivity contribution in [3.63, 3.8) is 0 Å². The van der Waals surface area contributed by atoms with Gasteiger partial charge in [0.15, 0.2) is 0 Å². The van der Waals surface area contributed by atoms with Gasteiger partial charge in [-0.25, -0.2) is 9.78 Å². The topological polar surface area (TPSA) is 90.8 Å². The van der Waals surface area contributed by atoms with Crippen LogP contribution >= 0.6 is 0 Å². The van der Waals surface area contributed by atoms with Gasteiger partial charge >= 0.3 is 6.09 Å². The number of hydrogen-bond donors (Lipinski definition) is 2. The molecule has 1 amide bonds. The van der Waals surface area contributed by atoms with Crippen molar-refractivity contribution in [3.8, 4) is 11.5 Å². The van der Waals surface area contributed by atoms with Gasteiger partial charge in [0.05, 0.1) is 5.69 Å². The summed E-state index contributed by atoms with van der Waals surface area (Å²) in [5.41, 5.74) is 3.89. The largest absolute Gasteiger partial charge is 0.465 e. The Labute approximate surface area is 187 Å². The van der Waals surface area contributed by atoms with Gasteiger partial charge in [-0.05, 0) is 49.7 Å². The number of aromatic nitrogens is 2. The molecule has 3 heterocycles. The molecule has 0 atom stereocenters. The monoisotopic (exact) mass is 433 g/mol. The number of carbonyl (C=O) groups is 1. The van der Waals surface area contributed by atoms with E-state index >= 15 is 0 Å². The van der Waals surface area contributed by atoms with Crippen LogP contribution in [-0.4, -0.2) is 57.1 Å². The molecule has 0 saturated carbocycles. The zero-order chi connectivity index (χ0) is 22.5. The molecule has 4 rings (SSSR count). The second kappa shape index (κ2) is 9.65. The van der Waals surface area contributed by atoms with Gasteiger partial charge in [-0.3, -0.25) is 9.88 Å². The highest BCUT2D eigenvalue weighted by atomic mass is 16.5. The molecule has 3 aromatic rings. The van der Waals surface area contributed by atoms with E-state index in [9.17, 15) is 4.79 Å². The van der Waals surface area contributed by atoms with Gasteiger partial charge < -0.3 is 20.1 Å². The summed E-state index contributed by atoms with van der Waals surface area (Å²) in [5, 5.41) is 12.4. The third-order valence-electron chi connectivity index (χ3n) is 5.38. The van der Waals surface area contributed by atoms with E-state index < -0.39 is 6.09 Å². The maximum Gasteiger partial charge on any atom is 0.407 e. The lowest BCUT2D eigenvalue weighted by atomic mass is 10.1. The molecule has 166 valence electrons. The molecule has 0 spiro atoms. The number of rotatable bonds is 6. The van der Waals surface area contributed by atoms with E-state index in [1.54, 1.807) is 6.20 Å². The lowest BCUT2D eigenvalue weighted by Gasteiger charge is -2.33. The predicted octanol–water partition coefficient (Wildman–Crippen LogP) is 4.42. The van der Waals surface area contributed by atoms with E-state index in [1.165, 1.54) is 4.90 Å². The molecule has 8 nitrogen and oxygen atoms in total. The molecule has 1 aliphatic rings. The summed E-state index contributed by atoms with van der Waals surface area (Å²) >= 11 is 0. The molecule has 32 heavy (non-hydrogen) atoms. The smallest absolute Gasteiger partial charge is 0.407 e. The molecule has 0 aliphatic carbocycles. The molecule has 0 bridgehead atoms. The molecular weight excluding hydrogens is 406 g/mol. The second-order valence-electron chi connectivity index (χ2n) is 7.89. The summed E-state index contributed by atoms with van der Waals surface area (Å²) in [6.07, 6.45) is 0.865. The van der Waals surface area contributed by atoms with Gasteiger partial charge in [0, 0.05) is 56.4 Å². The molecule has 1 aliphatic heterocycles. The Balaban J connectivity index is 1.39. The number of piperazine rings is 1. The van der Waals surface area contributed by atoms with E-state index in [1.807, 2.05) is 50.2 Å². The van der Waals surface area contributed by atoms with Gasteiger partial charge in [0.1, 0.15) is 17.3 Å². The quantitative estimate of drug-likeness (QED) is 0.594. The first-order chi connectivity index (χ1) is 15.5. The van der Waals surface area contributed by atoms with Crippen LogP contribution in [0.2, 0.25) is 0 Å². The average Bonchev–Trinajstić information content (AvgIpc) is 2.77. The van der Waals surface area contributed by atoms with Crippen LogP contribution in [0.1, 0.15) is 17.0 Å². The minimum Gasteiger partial charge on any atom is -0.465 e. The first-order valence-electron chi connectivity index (χ1n) is 10.6. The highest BCUT2D eigenvalue weighted by molar-refractivity contribution is 5.65. The van der Waals surface area contributed by atoms with Crippen molar-refractivity contribution in [2.24, 2.45) is 0 Å². The third kappa shape index (κ3) is 5.53. The van der Waals surface area contributed by atoms with Crippen LogP contribution in [0.25, 0.3) is 0 Å². The minimum atomic E-state index is -0.844. The zero-order valence-electron chi connectivity index (χ0n) is 18.3. The number of anilines is 2. The molecule has 1 aromatic carbocycles. The van der Waals surface area contributed by atoms with E-state index in [0.29, 0.717) is 24.7 Å². The lowest BCUT2D eigenvalue weighted by Crippen LogP contribution is -2.47. The SMILES string of the molecule is Cc1ccc(Oc2ccnc(Nc3cccc(CN4CCN(C(=O)O)CC4)c3)c2)c(C)n1. The normalized spacial score (nSPS) is 14.2. The number of hydrogen-bond acceptors (Lipinski definition) is 6. The predicted molar refractivity (Wildman–Crippen MR) is 123 cm³/mol. The maximum absolute atomic E-state index is 11.1. The minimum absolute atomic E-state index is 0.542. The Kier molecular flexibility index (Phi) is 6.51. The van der Waals surface area contributed by atoms with Gasteiger partial charge in [-0.15, -0.1) is 0 Å². The number of nitrogens with zero attached hydrogens (tertiary/aromatic N) is 4. The number of nitrogens with one attached hydrogen (secondary N) is 1. The number of benzene rings is 1. The highest BCUT2D eigenvalue weighted by Gasteiger charge is 2.20. The van der Waals surface area contributed by atoms with Crippen molar-refractivity contribution in [1.29, 1.82) is 0 Å². The lowest BCUT2D eigenvalue weighted by molar-refractivity contribution is 0.103. The van der Waals surface area contributed by atoms with Crippen LogP contribution in [0.5, 0.6) is 11.5 Å². The van der Waals surface area contributed by atoms with Crippen LogP contribution < -0.4 is 10.1 Å². The molecule has 1 fully saturated rings. The van der Waals surface area contributed by atoms with E-state index in [-0.39, 0.29) is 0 Å². The Morgan fingerprint density at radius 3 is 2.66 bits per heavy atom. The second-order valence-corrected chi connectivity index (χ2v) is 7.89. The molecule has 0 unspecified atom stereocenters. The summed E-state index contributed by atoms with van der Waals surface area (Å²) in [7, 11) is 0. The summed E-state index contributed by atoms with van der Waals surface area (Å²) in [6.45, 7) is 7.21. The van der Waals surface area contributed by atoms with Crippen LogP contribution in [0.15, 0.2) is 54.7 Å². The van der Waals surface area contributed by atoms with Gasteiger partial charge in [0.25, 0.3) is 0 Å². The Morgan fingerprint density at radius 2 is 1.91 bits per heavy atom. The highest BCUT2D eigenvalue weighted by Crippen LogP contribution is 2.26. The number of pyridine rings is 2. The van der Waals surface area contributed by atoms with E-state index in [4.69, 9.17) is 9.84 Å². The van der Waals surface area contributed by atoms with Gasteiger partial charge in [-0.1, -0.05) is 12.1 Å². The van der Waals surface area contributed by atoms with E-state index in [2.05, 4.69) is 32.3 Å². The Bertz CT molecular complexity index is 1100. The van der Waals surface area contributed by atoms with Crippen molar-refractivity contribution < 1.29 is 14.6 Å². The van der Waals surface area contributed by atoms with Crippen molar-refractivity contribution in [1.82, 2.24) is 19.8 Å². The Morgan fingerprint density at radius 1 is 1.09 bits per heavy atom. The van der Waals surface area contributed by atoms with Crippen molar-refractivity contribution in [2.75, 3.05) is 31.5 Å². The molecule has 2 aromatic heterocycles. The Hall–Kier alpha value is -3.65. The fraction of sp³-hybridized carbons (Fsp3) is 0.292. The molecular formula is C24H27N5O3. The summed E-state index contributed by atoms with van der Waals surface area (Å²) in [5.74, 6) is 2.09. The van der Waals surface area contributed by atoms with E-state index in [0.717, 1.165) is 48.0 Å². The number of carboxylic acid groups (broad SMARTS) is 1. The third-order valence-corrected chi connectivity index (χ3v) is 5.38. The molecule has 1 saturated heterocycles. The summed E-state index contributed by atoms with van der Waals surface area (Å²) in [6, 6.07) is 15.7. The van der Waals surface area contributed by atoms with Crippen LogP contribution in [0.3, 0.4) is 0 Å². The van der Waals surface area contributed by atoms with Crippen molar-refractivity contribution in [3.05, 3.63) is 71.7 Å². The van der Waals surface area contributed by atoms with Gasteiger partial charge in [0.2, 0.25) is 0 Å². The zero-order valence-corrected chi connectivity index (χ0v) is 18.3. The maximum atomic E-state index is 11.1. The van der Waals surface area contributed by atoms with Crippen LogP contribution in [0, 0.1) is 13.8 Å². The number of aryl methyl sites for hydroxylation is 2. The first kappa shape index (κ1) is 21.6. The van der Waals surface area contributed by atoms with Crippen LogP contribution in [0.4, 0.5) is 16.3 Å². The summed E-state index contributed by atoms with van der Waals surface area (Å²) < 4.78 is 6.00. The number of ether oxygens (including phenoxy) is 1. The van der Waals surface area contributed by atoms with Crippen LogP contribution in [-0.2, 0) is 6.54 Å². The van der Waals surface area contributed by atoms with Crippen molar-refractivity contribution >= 4 is 17.6 Å². The van der Waals surface area contributed by atoms with Gasteiger partial charge in [-0.2, -0.15) is 0 Å². The standard InChI is InChI=1S/C24H27N5O3/c1-17-6-7-22(18(2)26-17)32-21-8-9-25-23(15-21)27-20-5-3-4-19(14-20)16-28-10-12-29(13-11-28)24(30)31/h3-9,14-15H,10-13,16H2,1-2H3,(H,25,27)(H,30,31). The number of amides is 1. The fourth-order valence-electron chi connectivity index (χ4n) is 3.70. The first-order valence-corrected chi connectivity index (χ1v) is 10.6. The molecule has 8 heteroatoms. The fourth-order valence-corrected chi connectivity index (χ4v) is 3.70.